The number of halogens is 1. The van der Waals surface area contributed by atoms with Gasteiger partial charge in [0, 0.05) is 15.4 Å². The normalized spacial score (nSPS) is 20.5. The highest BCUT2D eigenvalue weighted by Crippen LogP contribution is 2.37. The van der Waals surface area contributed by atoms with Crippen LogP contribution in [0.25, 0.3) is 11.2 Å². The molecule has 4 aromatic rings. The fourth-order valence-corrected chi connectivity index (χ4v) is 6.27. The molecule has 51 heavy (non-hydrogen) atoms. The van der Waals surface area contributed by atoms with Crippen LogP contribution in [0.4, 0.5) is 15.4 Å². The van der Waals surface area contributed by atoms with Crippen molar-refractivity contribution in [1.82, 2.24) is 24.5 Å². The van der Waals surface area contributed by atoms with Gasteiger partial charge < -0.3 is 33.9 Å². The Hall–Kier alpha value is -3.82. The number of hydrogen-bond acceptors (Lipinski definition) is 15. The molecule has 0 saturated carbocycles. The quantitative estimate of drug-likeness (QED) is 0.136. The molecule has 5 atom stereocenters. The van der Waals surface area contributed by atoms with Crippen molar-refractivity contribution in [2.24, 2.45) is 0 Å². The van der Waals surface area contributed by atoms with Crippen LogP contribution in [-0.4, -0.2) is 96.1 Å². The van der Waals surface area contributed by atoms with Crippen molar-refractivity contribution < 1.29 is 48.3 Å². The smallest absolute Gasteiger partial charge is 0.425 e. The first-order valence-electron chi connectivity index (χ1n) is 15.7. The third-order valence-electron chi connectivity index (χ3n) is 7.54. The van der Waals surface area contributed by atoms with Crippen LogP contribution in [0, 0.1) is 3.57 Å². The number of aliphatic hydroxyl groups is 2. The molecule has 1 aliphatic heterocycles. The van der Waals surface area contributed by atoms with E-state index >= 15 is 0 Å². The number of amides is 2. The van der Waals surface area contributed by atoms with Gasteiger partial charge in [-0.1, -0.05) is 12.1 Å². The van der Waals surface area contributed by atoms with Crippen LogP contribution in [0.2, 0.25) is 0 Å². The fraction of sp³-hybridized carbons (Fsp3) is 0.485. The zero-order valence-corrected chi connectivity index (χ0v) is 31.9. The molecule has 4 heterocycles. The number of imidazole rings is 1. The minimum Gasteiger partial charge on any atom is -0.467 e. The number of rotatable bonds is 9. The Morgan fingerprint density at radius 3 is 2.18 bits per heavy atom. The van der Waals surface area contributed by atoms with Crippen LogP contribution in [0.15, 0.2) is 47.8 Å². The Labute approximate surface area is 311 Å². The number of carbonyl (C=O) groups is 3. The molecule has 2 N–H and O–H groups in total. The Morgan fingerprint density at radius 1 is 0.961 bits per heavy atom. The molecular weight excluding hydrogens is 799 g/mol. The van der Waals surface area contributed by atoms with Gasteiger partial charge in [-0.05, 0) is 81.8 Å². The number of aliphatic hydroxyl groups excluding tert-OH is 2. The molecule has 5 rings (SSSR count). The summed E-state index contributed by atoms with van der Waals surface area (Å²) < 4.78 is 30.9. The zero-order chi connectivity index (χ0) is 37.3. The van der Waals surface area contributed by atoms with E-state index in [0.29, 0.717) is 10.6 Å². The lowest BCUT2D eigenvalue weighted by Crippen LogP contribution is -2.45. The summed E-state index contributed by atoms with van der Waals surface area (Å²) >= 11 is 3.46. The molecule has 1 unspecified atom stereocenters. The first-order valence-corrected chi connectivity index (χ1v) is 17.8. The number of thiazole rings is 1. The molecule has 1 saturated heterocycles. The molecule has 0 spiro atoms. The molecular formula is C33H39IN6O10S. The lowest BCUT2D eigenvalue weighted by molar-refractivity contribution is -0.180. The molecule has 1 aliphatic rings. The maximum Gasteiger partial charge on any atom is 0.425 e. The SMILES string of the molecule is COC(=O)C(Cc1ccc(I)cc1)(OC[C@H]1O[C@@H](n2cnc3c(N(C(=O)OC(C)(C)C)C(=O)OC(C)(C)C)ncnc32)[C@H](O)[C@@H]1O)c1cscn1. The number of aromatic nitrogens is 5. The maximum atomic E-state index is 13.5. The predicted molar refractivity (Wildman–Crippen MR) is 191 cm³/mol. The molecule has 274 valence electrons. The second kappa shape index (κ2) is 15.0. The summed E-state index contributed by atoms with van der Waals surface area (Å²) in [5.41, 5.74) is -0.961. The Bertz CT molecular complexity index is 1830. The number of imide groups is 1. The number of carbonyl (C=O) groups excluding carboxylic acids is 3. The zero-order valence-electron chi connectivity index (χ0n) is 29.0. The lowest BCUT2D eigenvalue weighted by Gasteiger charge is -2.31. The van der Waals surface area contributed by atoms with Gasteiger partial charge >= 0.3 is 18.2 Å². The monoisotopic (exact) mass is 838 g/mol. The number of nitrogens with zero attached hydrogens (tertiary/aromatic N) is 6. The highest BCUT2D eigenvalue weighted by molar-refractivity contribution is 14.1. The number of esters is 1. The number of anilines is 1. The summed E-state index contributed by atoms with van der Waals surface area (Å²) in [6.07, 6.45) is -5.12. The standard InChI is InChI=1S/C33H39IN6O10S/c1-31(2,3)49-29(44)40(30(45)50-32(4,5)6)26-22-25(35-15-36-26)39(16-37-22)27-24(42)23(41)20(48-27)13-47-33(28(43)46-7,21-14-51-17-38-21)12-18-8-10-19(34)11-9-18/h8-11,14-17,20,23-24,27,41-42H,12-13H2,1-7H3/t20-,23-,24-,27-,33?/m1/s1. The minimum absolute atomic E-state index is 0.0232. The van der Waals surface area contributed by atoms with Gasteiger partial charge in [-0.3, -0.25) is 4.57 Å². The van der Waals surface area contributed by atoms with Crippen LogP contribution in [-0.2, 0) is 40.5 Å². The first kappa shape index (κ1) is 38.4. The molecule has 0 bridgehead atoms. The van der Waals surface area contributed by atoms with Crippen LogP contribution in [0.1, 0.15) is 59.0 Å². The molecule has 18 heteroatoms. The highest BCUT2D eigenvalue weighted by atomic mass is 127. The van der Waals surface area contributed by atoms with Gasteiger partial charge in [-0.15, -0.1) is 11.3 Å². The van der Waals surface area contributed by atoms with E-state index in [1.807, 2.05) is 24.3 Å². The molecule has 1 fully saturated rings. The van der Waals surface area contributed by atoms with E-state index in [-0.39, 0.29) is 30.0 Å². The highest BCUT2D eigenvalue weighted by Gasteiger charge is 2.49. The van der Waals surface area contributed by atoms with Crippen molar-refractivity contribution in [2.45, 2.75) is 89.3 Å². The van der Waals surface area contributed by atoms with Crippen molar-refractivity contribution in [3.8, 4) is 0 Å². The van der Waals surface area contributed by atoms with Crippen molar-refractivity contribution >= 4 is 69.1 Å². The number of fused-ring (bicyclic) bond motifs is 1. The van der Waals surface area contributed by atoms with Gasteiger partial charge in [0.2, 0.25) is 5.60 Å². The van der Waals surface area contributed by atoms with Crippen LogP contribution >= 0.6 is 33.9 Å². The van der Waals surface area contributed by atoms with Crippen molar-refractivity contribution in [2.75, 3.05) is 18.6 Å². The second-order valence-corrected chi connectivity index (χ2v) is 15.6. The third kappa shape index (κ3) is 8.47. The molecule has 2 amide bonds. The predicted octanol–water partition coefficient (Wildman–Crippen LogP) is 4.51. The van der Waals surface area contributed by atoms with Crippen molar-refractivity contribution in [1.29, 1.82) is 0 Å². The average Bonchev–Trinajstić information content (AvgIpc) is 3.79. The summed E-state index contributed by atoms with van der Waals surface area (Å²) in [5, 5.41) is 24.1. The third-order valence-corrected chi connectivity index (χ3v) is 8.84. The topological polar surface area (TPSA) is 198 Å². The molecule has 0 radical (unpaired) electrons. The second-order valence-electron chi connectivity index (χ2n) is 13.7. The van der Waals surface area contributed by atoms with Gasteiger partial charge in [0.25, 0.3) is 0 Å². The van der Waals surface area contributed by atoms with Crippen LogP contribution < -0.4 is 4.90 Å². The van der Waals surface area contributed by atoms with Gasteiger partial charge in [0.15, 0.2) is 23.2 Å². The molecule has 0 aliphatic carbocycles. The fourth-order valence-electron chi connectivity index (χ4n) is 5.29. The summed E-state index contributed by atoms with van der Waals surface area (Å²) in [7, 11) is 1.24. The van der Waals surface area contributed by atoms with E-state index < -0.39 is 59.5 Å². The number of ether oxygens (including phenoxy) is 5. The van der Waals surface area contributed by atoms with E-state index in [2.05, 4.69) is 42.5 Å². The van der Waals surface area contributed by atoms with Crippen LogP contribution in [0.5, 0.6) is 0 Å². The van der Waals surface area contributed by atoms with E-state index in [9.17, 15) is 24.6 Å². The molecule has 16 nitrogen and oxygen atoms in total. The van der Waals surface area contributed by atoms with Gasteiger partial charge in [-0.25, -0.2) is 34.3 Å². The number of benzene rings is 1. The Kier molecular flexibility index (Phi) is 11.3. The molecule has 3 aromatic heterocycles. The van der Waals surface area contributed by atoms with E-state index in [0.717, 1.165) is 15.5 Å². The summed E-state index contributed by atoms with van der Waals surface area (Å²) in [4.78, 5) is 57.9. The molecule has 1 aromatic carbocycles. The largest absolute Gasteiger partial charge is 0.467 e. The van der Waals surface area contributed by atoms with Crippen LogP contribution in [0.3, 0.4) is 0 Å². The van der Waals surface area contributed by atoms with Crippen molar-refractivity contribution in [3.05, 3.63) is 62.6 Å². The van der Waals surface area contributed by atoms with Crippen molar-refractivity contribution in [3.63, 3.8) is 0 Å². The number of hydrogen-bond donors (Lipinski definition) is 2. The van der Waals surface area contributed by atoms with Gasteiger partial charge in [0.1, 0.15) is 35.8 Å². The summed E-state index contributed by atoms with van der Waals surface area (Å²) in [6.45, 7) is 9.48. The van der Waals surface area contributed by atoms with Gasteiger partial charge in [0.05, 0.1) is 31.2 Å². The lowest BCUT2D eigenvalue weighted by atomic mass is 9.91. The Morgan fingerprint density at radius 2 is 1.61 bits per heavy atom. The summed E-state index contributed by atoms with van der Waals surface area (Å²) in [5.74, 6) is -0.946. The number of methoxy groups -OCH3 is 1. The van der Waals surface area contributed by atoms with E-state index in [1.165, 1.54) is 29.3 Å². The van der Waals surface area contributed by atoms with E-state index in [4.69, 9.17) is 23.7 Å². The minimum atomic E-state index is -1.70. The van der Waals surface area contributed by atoms with E-state index in [1.54, 1.807) is 52.4 Å². The summed E-state index contributed by atoms with van der Waals surface area (Å²) in [6, 6.07) is 7.52. The van der Waals surface area contributed by atoms with Gasteiger partial charge in [-0.2, -0.15) is 4.90 Å². The average molecular weight is 839 g/mol. The maximum absolute atomic E-state index is 13.5. The Balaban J connectivity index is 1.45. The first-order chi connectivity index (χ1) is 23.9.